The van der Waals surface area contributed by atoms with Crippen LogP contribution in [0.25, 0.3) is 0 Å². The van der Waals surface area contributed by atoms with Crippen LogP contribution in [0, 0.1) is 0 Å². The fourth-order valence-corrected chi connectivity index (χ4v) is 3.04. The van der Waals surface area contributed by atoms with Crippen molar-refractivity contribution >= 4 is 0 Å². The van der Waals surface area contributed by atoms with Crippen LogP contribution in [-0.4, -0.2) is 20.2 Å². The van der Waals surface area contributed by atoms with Crippen LogP contribution in [0.4, 0.5) is 0 Å². The van der Waals surface area contributed by atoms with Crippen molar-refractivity contribution in [2.45, 2.75) is 31.6 Å². The molecule has 0 spiro atoms. The molecule has 0 radical (unpaired) electrons. The monoisotopic (exact) mass is 217 g/mol. The van der Waals surface area contributed by atoms with Crippen LogP contribution in [0.1, 0.15) is 35.4 Å². The minimum atomic E-state index is 0.654. The zero-order chi connectivity index (χ0) is 11.0. The smallest absolute Gasteiger partial charge is 0.122 e. The average molecular weight is 217 g/mol. The number of hydrogen-bond donors (Lipinski definition) is 1. The molecule has 2 aliphatic rings. The lowest BCUT2D eigenvalue weighted by atomic mass is 9.94. The van der Waals surface area contributed by atoms with Crippen molar-refractivity contribution in [3.05, 3.63) is 28.8 Å². The van der Waals surface area contributed by atoms with E-state index in [1.165, 1.54) is 36.8 Å². The Kier molecular flexibility index (Phi) is 2.60. The Morgan fingerprint density at radius 3 is 2.75 bits per heavy atom. The Hall–Kier alpha value is -1.02. The number of benzene rings is 1. The summed E-state index contributed by atoms with van der Waals surface area (Å²) in [5.41, 5.74) is 4.49. The topological polar surface area (TPSA) is 21.3 Å². The quantitative estimate of drug-likeness (QED) is 0.820. The van der Waals surface area contributed by atoms with Crippen molar-refractivity contribution < 1.29 is 4.74 Å². The zero-order valence-electron chi connectivity index (χ0n) is 9.88. The molecule has 86 valence electrons. The third kappa shape index (κ3) is 1.61. The first kappa shape index (κ1) is 10.2. The Morgan fingerprint density at radius 2 is 2.06 bits per heavy atom. The molecular formula is C14H19NO. The largest absolute Gasteiger partial charge is 0.496 e. The normalized spacial score (nSPS) is 23.4. The summed E-state index contributed by atoms with van der Waals surface area (Å²) >= 11 is 0. The summed E-state index contributed by atoms with van der Waals surface area (Å²) in [7, 11) is 1.79. The van der Waals surface area contributed by atoms with Gasteiger partial charge < -0.3 is 10.1 Å². The summed E-state index contributed by atoms with van der Waals surface area (Å²) in [6.07, 6.45) is 5.04. The summed E-state index contributed by atoms with van der Waals surface area (Å²) in [4.78, 5) is 0. The highest BCUT2D eigenvalue weighted by atomic mass is 16.5. The molecule has 2 nitrogen and oxygen atoms in total. The summed E-state index contributed by atoms with van der Waals surface area (Å²) in [6, 6.07) is 4.68. The van der Waals surface area contributed by atoms with Gasteiger partial charge in [0.05, 0.1) is 7.11 Å². The second-order valence-electron chi connectivity index (χ2n) is 4.91. The van der Waals surface area contributed by atoms with Crippen molar-refractivity contribution in [2.75, 3.05) is 20.2 Å². The average Bonchev–Trinajstić information content (AvgIpc) is 2.97. The highest BCUT2D eigenvalue weighted by molar-refractivity contribution is 5.46. The van der Waals surface area contributed by atoms with Crippen molar-refractivity contribution in [3.63, 3.8) is 0 Å². The van der Waals surface area contributed by atoms with Gasteiger partial charge in [0.2, 0.25) is 0 Å². The van der Waals surface area contributed by atoms with Gasteiger partial charge in [-0.05, 0) is 55.0 Å². The summed E-state index contributed by atoms with van der Waals surface area (Å²) < 4.78 is 5.56. The molecule has 0 saturated carbocycles. The number of ether oxygens (including phenoxy) is 1. The predicted octanol–water partition coefficient (Wildman–Crippen LogP) is 2.26. The molecule has 16 heavy (non-hydrogen) atoms. The lowest BCUT2D eigenvalue weighted by molar-refractivity contribution is 0.406. The van der Waals surface area contributed by atoms with E-state index in [4.69, 9.17) is 4.74 Å². The molecule has 1 aliphatic carbocycles. The number of nitrogens with one attached hydrogen (secondary N) is 1. The van der Waals surface area contributed by atoms with Crippen LogP contribution in [0.15, 0.2) is 12.1 Å². The van der Waals surface area contributed by atoms with Crippen LogP contribution >= 0.6 is 0 Å². The summed E-state index contributed by atoms with van der Waals surface area (Å²) in [5.74, 6) is 1.76. The molecule has 0 bridgehead atoms. The molecular weight excluding hydrogens is 198 g/mol. The van der Waals surface area contributed by atoms with Crippen LogP contribution < -0.4 is 10.1 Å². The maximum atomic E-state index is 5.56. The van der Waals surface area contributed by atoms with Gasteiger partial charge in [0.1, 0.15) is 5.75 Å². The Morgan fingerprint density at radius 1 is 1.25 bits per heavy atom. The highest BCUT2D eigenvalue weighted by Gasteiger charge is 2.23. The molecule has 1 aromatic rings. The molecule has 1 N–H and O–H groups in total. The molecule has 1 heterocycles. The maximum absolute atomic E-state index is 5.56. The molecule has 1 aliphatic heterocycles. The fourth-order valence-electron chi connectivity index (χ4n) is 3.04. The molecule has 1 saturated heterocycles. The Bertz CT molecular complexity index is 394. The number of methoxy groups -OCH3 is 1. The molecule has 2 heteroatoms. The van der Waals surface area contributed by atoms with Gasteiger partial charge in [-0.15, -0.1) is 0 Å². The lowest BCUT2D eigenvalue weighted by Gasteiger charge is -2.16. The van der Waals surface area contributed by atoms with E-state index < -0.39 is 0 Å². The van der Waals surface area contributed by atoms with Gasteiger partial charge in [-0.1, -0.05) is 6.07 Å². The predicted molar refractivity (Wildman–Crippen MR) is 65.2 cm³/mol. The van der Waals surface area contributed by atoms with Crippen LogP contribution in [0.2, 0.25) is 0 Å². The van der Waals surface area contributed by atoms with Crippen molar-refractivity contribution in [1.82, 2.24) is 5.32 Å². The van der Waals surface area contributed by atoms with Crippen molar-refractivity contribution in [3.8, 4) is 5.75 Å². The molecule has 0 amide bonds. The Balaban J connectivity index is 2.01. The van der Waals surface area contributed by atoms with Crippen LogP contribution in [-0.2, 0) is 12.8 Å². The third-order valence-electron chi connectivity index (χ3n) is 3.94. The number of aryl methyl sites for hydroxylation is 2. The minimum absolute atomic E-state index is 0.654. The van der Waals surface area contributed by atoms with E-state index in [2.05, 4.69) is 17.4 Å². The zero-order valence-corrected chi connectivity index (χ0v) is 9.88. The van der Waals surface area contributed by atoms with E-state index >= 15 is 0 Å². The van der Waals surface area contributed by atoms with Crippen molar-refractivity contribution in [1.29, 1.82) is 0 Å². The van der Waals surface area contributed by atoms with Crippen LogP contribution in [0.3, 0.4) is 0 Å². The standard InChI is InChI=1S/C14H19NO/c1-16-14-8-11-4-2-3-10(11)7-13(14)12-5-6-15-9-12/h7-8,12,15H,2-6,9H2,1H3. The molecule has 1 unspecified atom stereocenters. The lowest BCUT2D eigenvalue weighted by Crippen LogP contribution is -2.09. The van der Waals surface area contributed by atoms with Crippen LogP contribution in [0.5, 0.6) is 5.75 Å². The number of hydrogen-bond acceptors (Lipinski definition) is 2. The summed E-state index contributed by atoms with van der Waals surface area (Å²) in [5, 5.41) is 3.43. The van der Waals surface area contributed by atoms with Gasteiger partial charge in [-0.25, -0.2) is 0 Å². The third-order valence-corrected chi connectivity index (χ3v) is 3.94. The van der Waals surface area contributed by atoms with E-state index in [9.17, 15) is 0 Å². The second kappa shape index (κ2) is 4.10. The van der Waals surface area contributed by atoms with E-state index in [0.29, 0.717) is 5.92 Å². The SMILES string of the molecule is COc1cc2c(cc1C1CCNC1)CCC2. The van der Waals surface area contributed by atoms with Gasteiger partial charge in [-0.2, -0.15) is 0 Å². The van der Waals surface area contributed by atoms with Gasteiger partial charge in [0.15, 0.2) is 0 Å². The molecule has 0 aromatic heterocycles. The van der Waals surface area contributed by atoms with Crippen molar-refractivity contribution in [2.24, 2.45) is 0 Å². The first-order valence-corrected chi connectivity index (χ1v) is 6.29. The maximum Gasteiger partial charge on any atom is 0.122 e. The fraction of sp³-hybridized carbons (Fsp3) is 0.571. The first-order valence-electron chi connectivity index (χ1n) is 6.29. The van der Waals surface area contributed by atoms with E-state index in [1.807, 2.05) is 0 Å². The van der Waals surface area contributed by atoms with Gasteiger partial charge in [0.25, 0.3) is 0 Å². The first-order chi connectivity index (χ1) is 7.88. The number of fused-ring (bicyclic) bond motifs is 1. The highest BCUT2D eigenvalue weighted by Crippen LogP contribution is 2.36. The molecule has 3 rings (SSSR count). The molecule has 1 fully saturated rings. The number of rotatable bonds is 2. The van der Waals surface area contributed by atoms with Gasteiger partial charge in [0, 0.05) is 12.5 Å². The minimum Gasteiger partial charge on any atom is -0.496 e. The molecule has 1 aromatic carbocycles. The second-order valence-corrected chi connectivity index (χ2v) is 4.91. The van der Waals surface area contributed by atoms with Gasteiger partial charge >= 0.3 is 0 Å². The van der Waals surface area contributed by atoms with E-state index in [1.54, 1.807) is 12.7 Å². The molecule has 1 atom stereocenters. The summed E-state index contributed by atoms with van der Waals surface area (Å²) in [6.45, 7) is 2.25. The van der Waals surface area contributed by atoms with E-state index in [0.717, 1.165) is 18.8 Å². The Labute approximate surface area is 97.0 Å². The van der Waals surface area contributed by atoms with Gasteiger partial charge in [-0.3, -0.25) is 0 Å². The van der Waals surface area contributed by atoms with E-state index in [-0.39, 0.29) is 0 Å².